The second-order valence-corrected chi connectivity index (χ2v) is 7.60. The van der Waals surface area contributed by atoms with E-state index >= 15 is 0 Å². The lowest BCUT2D eigenvalue weighted by atomic mass is 10.1. The summed E-state index contributed by atoms with van der Waals surface area (Å²) >= 11 is 1.71. The number of fused-ring (bicyclic) bond motifs is 1. The fourth-order valence-corrected chi connectivity index (χ4v) is 4.23. The van der Waals surface area contributed by atoms with E-state index < -0.39 is 0 Å². The summed E-state index contributed by atoms with van der Waals surface area (Å²) in [6, 6.07) is 2.52. The van der Waals surface area contributed by atoms with E-state index in [1.807, 2.05) is 6.07 Å². The van der Waals surface area contributed by atoms with Gasteiger partial charge in [0.15, 0.2) is 5.16 Å². The molecule has 6 nitrogen and oxygen atoms in total. The Morgan fingerprint density at radius 2 is 2.04 bits per heavy atom. The molecule has 7 heteroatoms. The Morgan fingerprint density at radius 3 is 2.87 bits per heavy atom. The quantitative estimate of drug-likeness (QED) is 0.495. The normalized spacial score (nSPS) is 23.0. The number of rotatable bonds is 5. The van der Waals surface area contributed by atoms with Gasteiger partial charge < -0.3 is 15.5 Å². The van der Waals surface area contributed by atoms with Gasteiger partial charge in [-0.2, -0.15) is 0 Å². The second-order valence-electron chi connectivity index (χ2n) is 6.53. The highest BCUT2D eigenvalue weighted by Crippen LogP contribution is 2.24. The van der Waals surface area contributed by atoms with Gasteiger partial charge in [-0.25, -0.2) is 9.97 Å². The van der Waals surface area contributed by atoms with Gasteiger partial charge in [-0.05, 0) is 13.5 Å². The molecule has 1 aromatic heterocycles. The van der Waals surface area contributed by atoms with Crippen LogP contribution in [-0.4, -0.2) is 77.9 Å². The first-order chi connectivity index (χ1) is 11.2. The third kappa shape index (κ3) is 4.28. The molecule has 2 N–H and O–H groups in total. The molecule has 2 fully saturated rings. The van der Waals surface area contributed by atoms with Gasteiger partial charge in [0.25, 0.3) is 0 Å². The fourth-order valence-electron chi connectivity index (χ4n) is 3.28. The Kier molecular flexibility index (Phi) is 5.61. The highest BCUT2D eigenvalue weighted by molar-refractivity contribution is 7.99. The van der Waals surface area contributed by atoms with E-state index in [9.17, 15) is 0 Å². The third-order valence-electron chi connectivity index (χ3n) is 4.66. The molecule has 0 radical (unpaired) electrons. The van der Waals surface area contributed by atoms with Gasteiger partial charge in [0.05, 0.1) is 0 Å². The Balaban J connectivity index is 1.68. The van der Waals surface area contributed by atoms with Gasteiger partial charge >= 0.3 is 0 Å². The third-order valence-corrected chi connectivity index (χ3v) is 5.59. The average Bonchev–Trinajstić information content (AvgIpc) is 2.54. The number of nitrogens with two attached hydrogens (primary N) is 1. The molecule has 0 saturated carbocycles. The molecular weight excluding hydrogens is 308 g/mol. The van der Waals surface area contributed by atoms with Gasteiger partial charge in [-0.3, -0.25) is 4.90 Å². The zero-order valence-corrected chi connectivity index (χ0v) is 15.1. The predicted octanol–water partition coefficient (Wildman–Crippen LogP) is 1.39. The van der Waals surface area contributed by atoms with Crippen molar-refractivity contribution in [2.24, 2.45) is 0 Å². The van der Waals surface area contributed by atoms with Gasteiger partial charge in [-0.15, -0.1) is 0 Å². The lowest BCUT2D eigenvalue weighted by Crippen LogP contribution is -2.61. The van der Waals surface area contributed by atoms with Gasteiger partial charge in [0.2, 0.25) is 0 Å². The number of likely N-dealkylation sites (N-methyl/N-ethyl adjacent to an activating group) is 1. The molecule has 3 rings (SSSR count). The molecule has 0 bridgehead atoms. The fraction of sp³-hybridized carbons (Fsp3) is 0.750. The molecule has 0 unspecified atom stereocenters. The summed E-state index contributed by atoms with van der Waals surface area (Å²) in [5.74, 6) is 2.63. The van der Waals surface area contributed by atoms with Crippen molar-refractivity contribution in [3.05, 3.63) is 6.07 Å². The first-order valence-electron chi connectivity index (χ1n) is 8.60. The van der Waals surface area contributed by atoms with Crippen LogP contribution in [0.1, 0.15) is 19.8 Å². The number of anilines is 2. The first-order valence-corrected chi connectivity index (χ1v) is 9.59. The highest BCUT2D eigenvalue weighted by Gasteiger charge is 2.31. The number of hydrogen-bond acceptors (Lipinski definition) is 7. The lowest BCUT2D eigenvalue weighted by molar-refractivity contribution is 0.0804. The molecule has 23 heavy (non-hydrogen) atoms. The highest BCUT2D eigenvalue weighted by atomic mass is 32.2. The summed E-state index contributed by atoms with van der Waals surface area (Å²) in [5, 5.41) is 0.816. The number of unbranched alkanes of at least 4 members (excludes halogenated alkanes) is 1. The maximum Gasteiger partial charge on any atom is 0.191 e. The van der Waals surface area contributed by atoms with Crippen molar-refractivity contribution in [1.82, 2.24) is 19.8 Å². The first kappa shape index (κ1) is 16.8. The Morgan fingerprint density at radius 1 is 1.22 bits per heavy atom. The standard InChI is InChI=1S/C16H28N6S/c1-3-4-9-23-16-18-14(17)10-15(19-16)22-8-7-21-6-5-20(2)11-13(21)12-22/h10,13H,3-9,11-12H2,1-2H3,(H2,17,18,19)/t13-/m0/s1. The number of piperazine rings is 2. The summed E-state index contributed by atoms with van der Waals surface area (Å²) in [5.41, 5.74) is 6.01. The molecule has 2 saturated heterocycles. The summed E-state index contributed by atoms with van der Waals surface area (Å²) in [6.45, 7) is 8.85. The van der Waals surface area contributed by atoms with Gasteiger partial charge in [-0.1, -0.05) is 25.1 Å². The van der Waals surface area contributed by atoms with E-state index in [1.165, 1.54) is 25.9 Å². The molecule has 2 aliphatic rings. The predicted molar refractivity (Wildman–Crippen MR) is 97.1 cm³/mol. The minimum absolute atomic E-state index is 0.581. The van der Waals surface area contributed by atoms with Crippen molar-refractivity contribution < 1.29 is 0 Å². The molecule has 128 valence electrons. The second kappa shape index (κ2) is 7.68. The largest absolute Gasteiger partial charge is 0.383 e. The minimum atomic E-state index is 0.581. The topological polar surface area (TPSA) is 61.5 Å². The maximum absolute atomic E-state index is 6.01. The maximum atomic E-state index is 6.01. The Labute approximate surface area is 143 Å². The van der Waals surface area contributed by atoms with Crippen molar-refractivity contribution in [3.63, 3.8) is 0 Å². The number of nitrogens with zero attached hydrogens (tertiary/aromatic N) is 5. The van der Waals surface area contributed by atoms with E-state index in [2.05, 4.69) is 33.7 Å². The van der Waals surface area contributed by atoms with Crippen molar-refractivity contribution in [2.75, 3.05) is 62.7 Å². The van der Waals surface area contributed by atoms with Crippen LogP contribution in [0.3, 0.4) is 0 Å². The summed E-state index contributed by atoms with van der Waals surface area (Å²) in [4.78, 5) is 16.5. The number of aromatic nitrogens is 2. The van der Waals surface area contributed by atoms with E-state index in [1.54, 1.807) is 11.8 Å². The van der Waals surface area contributed by atoms with Crippen LogP contribution < -0.4 is 10.6 Å². The van der Waals surface area contributed by atoms with E-state index in [0.717, 1.165) is 42.9 Å². The molecular formula is C16H28N6S. The van der Waals surface area contributed by atoms with Gasteiger partial charge in [0, 0.05) is 57.1 Å². The van der Waals surface area contributed by atoms with Crippen molar-refractivity contribution in [2.45, 2.75) is 31.0 Å². The average molecular weight is 337 g/mol. The number of hydrogen-bond donors (Lipinski definition) is 1. The minimum Gasteiger partial charge on any atom is -0.383 e. The zero-order chi connectivity index (χ0) is 16.2. The molecule has 0 spiro atoms. The summed E-state index contributed by atoms with van der Waals surface area (Å²) in [7, 11) is 2.21. The molecule has 0 amide bonds. The molecule has 1 atom stereocenters. The van der Waals surface area contributed by atoms with Crippen LogP contribution in [0.4, 0.5) is 11.6 Å². The van der Waals surface area contributed by atoms with Crippen LogP contribution in [0.5, 0.6) is 0 Å². The van der Waals surface area contributed by atoms with Crippen LogP contribution in [0.2, 0.25) is 0 Å². The zero-order valence-electron chi connectivity index (χ0n) is 14.2. The van der Waals surface area contributed by atoms with Crippen molar-refractivity contribution in [3.8, 4) is 0 Å². The lowest BCUT2D eigenvalue weighted by Gasteiger charge is -2.46. The molecule has 2 aliphatic heterocycles. The van der Waals surface area contributed by atoms with Gasteiger partial charge in [0.1, 0.15) is 11.6 Å². The Bertz CT molecular complexity index is 525. The molecule has 0 aromatic carbocycles. The van der Waals surface area contributed by atoms with Crippen molar-refractivity contribution in [1.29, 1.82) is 0 Å². The van der Waals surface area contributed by atoms with Crippen LogP contribution in [-0.2, 0) is 0 Å². The van der Waals surface area contributed by atoms with Crippen molar-refractivity contribution >= 4 is 23.4 Å². The van der Waals surface area contributed by atoms with E-state index in [-0.39, 0.29) is 0 Å². The SMILES string of the molecule is CCCCSc1nc(N)cc(N2CCN3CCN(C)C[C@H]3C2)n1. The molecule has 3 heterocycles. The summed E-state index contributed by atoms with van der Waals surface area (Å²) in [6.07, 6.45) is 2.38. The smallest absolute Gasteiger partial charge is 0.191 e. The van der Waals surface area contributed by atoms with Crippen LogP contribution in [0.25, 0.3) is 0 Å². The Hall–Kier alpha value is -1.05. The number of thioether (sulfide) groups is 1. The summed E-state index contributed by atoms with van der Waals surface area (Å²) < 4.78 is 0. The van der Waals surface area contributed by atoms with E-state index in [0.29, 0.717) is 11.9 Å². The molecule has 0 aliphatic carbocycles. The van der Waals surface area contributed by atoms with E-state index in [4.69, 9.17) is 10.7 Å². The van der Waals surface area contributed by atoms with Crippen LogP contribution in [0.15, 0.2) is 11.2 Å². The van der Waals surface area contributed by atoms with Crippen LogP contribution >= 0.6 is 11.8 Å². The van der Waals surface area contributed by atoms with Crippen LogP contribution in [0, 0.1) is 0 Å². The monoisotopic (exact) mass is 336 g/mol. The molecule has 1 aromatic rings. The number of nitrogen functional groups attached to an aromatic ring is 1.